The van der Waals surface area contributed by atoms with Crippen LogP contribution in [0.5, 0.6) is 0 Å². The normalized spacial score (nSPS) is 20.5. The second-order valence-electron chi connectivity index (χ2n) is 2.30. The van der Waals surface area contributed by atoms with E-state index in [0.29, 0.717) is 12.0 Å². The molecule has 0 fully saturated rings. The lowest BCUT2D eigenvalue weighted by Crippen LogP contribution is -2.11. The van der Waals surface area contributed by atoms with E-state index >= 15 is 0 Å². The fourth-order valence-corrected chi connectivity index (χ4v) is 1.03. The maximum absolute atomic E-state index is 10.9. The van der Waals surface area contributed by atoms with Gasteiger partial charge in [-0.1, -0.05) is 12.2 Å². The summed E-state index contributed by atoms with van der Waals surface area (Å²) in [6, 6.07) is 0. The number of carbonyl (C=O) groups excluding carboxylic acids is 1. The lowest BCUT2D eigenvalue weighted by molar-refractivity contribution is -0.115. The second kappa shape index (κ2) is 2.80. The van der Waals surface area contributed by atoms with Crippen LogP contribution < -0.4 is 0 Å². The molecule has 1 atom stereocenters. The van der Waals surface area contributed by atoms with Gasteiger partial charge < -0.3 is 5.11 Å². The second-order valence-corrected chi connectivity index (χ2v) is 2.30. The van der Waals surface area contributed by atoms with Gasteiger partial charge in [-0.15, -0.1) is 6.58 Å². The van der Waals surface area contributed by atoms with Gasteiger partial charge >= 0.3 is 0 Å². The lowest BCUT2D eigenvalue weighted by Gasteiger charge is -2.02. The molecule has 0 saturated carbocycles. The Bertz CT molecular complexity index is 191. The molecule has 1 unspecified atom stereocenters. The van der Waals surface area contributed by atoms with Crippen molar-refractivity contribution in [3.05, 3.63) is 24.3 Å². The Kier molecular flexibility index (Phi) is 2.02. The van der Waals surface area contributed by atoms with Crippen LogP contribution in [0, 0.1) is 0 Å². The minimum Gasteiger partial charge on any atom is -0.384 e. The minimum absolute atomic E-state index is 0.0485. The number of aliphatic hydroxyl groups is 1. The summed E-state index contributed by atoms with van der Waals surface area (Å²) in [4.78, 5) is 10.9. The minimum atomic E-state index is -0.755. The Morgan fingerprint density at radius 1 is 1.80 bits per heavy atom. The highest BCUT2D eigenvalue weighted by Gasteiger charge is 2.19. The van der Waals surface area contributed by atoms with Crippen molar-refractivity contribution >= 4 is 5.78 Å². The molecule has 0 spiro atoms. The summed E-state index contributed by atoms with van der Waals surface area (Å²) in [6.07, 6.45) is 3.69. The van der Waals surface area contributed by atoms with Crippen LogP contribution in [0.2, 0.25) is 0 Å². The molecule has 0 amide bonds. The molecule has 0 heterocycles. The summed E-state index contributed by atoms with van der Waals surface area (Å²) in [5, 5.41) is 9.12. The predicted octanol–water partition coefficient (Wildman–Crippen LogP) is 0.823. The largest absolute Gasteiger partial charge is 0.384 e. The van der Waals surface area contributed by atoms with E-state index in [0.717, 1.165) is 6.42 Å². The zero-order valence-corrected chi connectivity index (χ0v) is 5.71. The number of aliphatic hydroxyl groups excluding tert-OH is 1. The molecule has 0 aromatic heterocycles. The van der Waals surface area contributed by atoms with Crippen LogP contribution in [0.1, 0.15) is 12.8 Å². The van der Waals surface area contributed by atoms with E-state index in [1.54, 1.807) is 6.08 Å². The molecule has 54 valence electrons. The molecule has 2 heteroatoms. The zero-order chi connectivity index (χ0) is 7.56. The molecular formula is C8H10O2. The number of allylic oxidation sites excluding steroid dienone is 1. The van der Waals surface area contributed by atoms with E-state index in [-0.39, 0.29) is 5.78 Å². The van der Waals surface area contributed by atoms with Gasteiger partial charge in [-0.3, -0.25) is 4.79 Å². The SMILES string of the molecule is C=CC(O)C1=CCCC1=O. The first-order chi connectivity index (χ1) is 4.75. The topological polar surface area (TPSA) is 37.3 Å². The third-order valence-electron chi connectivity index (χ3n) is 1.60. The molecule has 0 aromatic rings. The standard InChI is InChI=1S/C8H10O2/c1-2-7(9)6-4-3-5-8(6)10/h2,4,7,9H,1,3,5H2. The molecule has 1 aliphatic carbocycles. The average molecular weight is 138 g/mol. The summed E-state index contributed by atoms with van der Waals surface area (Å²) in [6.45, 7) is 3.40. The van der Waals surface area contributed by atoms with Crippen LogP contribution >= 0.6 is 0 Å². The smallest absolute Gasteiger partial charge is 0.161 e. The molecule has 0 aromatic carbocycles. The lowest BCUT2D eigenvalue weighted by atomic mass is 10.1. The van der Waals surface area contributed by atoms with Crippen molar-refractivity contribution in [1.82, 2.24) is 0 Å². The third kappa shape index (κ3) is 1.16. The zero-order valence-electron chi connectivity index (χ0n) is 5.71. The highest BCUT2D eigenvalue weighted by molar-refractivity contribution is 5.98. The van der Waals surface area contributed by atoms with E-state index < -0.39 is 6.10 Å². The van der Waals surface area contributed by atoms with Gasteiger partial charge in [0.05, 0.1) is 6.10 Å². The molecular weight excluding hydrogens is 128 g/mol. The molecule has 0 radical (unpaired) electrons. The van der Waals surface area contributed by atoms with Gasteiger partial charge in [0.25, 0.3) is 0 Å². The van der Waals surface area contributed by atoms with E-state index in [2.05, 4.69) is 6.58 Å². The van der Waals surface area contributed by atoms with E-state index in [4.69, 9.17) is 5.11 Å². The van der Waals surface area contributed by atoms with Crippen molar-refractivity contribution in [2.75, 3.05) is 0 Å². The van der Waals surface area contributed by atoms with Gasteiger partial charge in [0.1, 0.15) is 0 Å². The molecule has 1 rings (SSSR count). The average Bonchev–Trinajstić information content (AvgIpc) is 2.34. The van der Waals surface area contributed by atoms with Gasteiger partial charge in [-0.05, 0) is 6.42 Å². The summed E-state index contributed by atoms with van der Waals surface area (Å²) in [5.41, 5.74) is 0.509. The van der Waals surface area contributed by atoms with Gasteiger partial charge in [0.15, 0.2) is 5.78 Å². The Morgan fingerprint density at radius 2 is 2.50 bits per heavy atom. The van der Waals surface area contributed by atoms with Gasteiger partial charge in [0, 0.05) is 12.0 Å². The van der Waals surface area contributed by atoms with Crippen molar-refractivity contribution in [3.8, 4) is 0 Å². The molecule has 10 heavy (non-hydrogen) atoms. The fourth-order valence-electron chi connectivity index (χ4n) is 1.03. The van der Waals surface area contributed by atoms with Crippen molar-refractivity contribution < 1.29 is 9.90 Å². The van der Waals surface area contributed by atoms with Crippen LogP contribution in [0.15, 0.2) is 24.3 Å². The molecule has 0 saturated heterocycles. The van der Waals surface area contributed by atoms with Crippen molar-refractivity contribution in [2.24, 2.45) is 0 Å². The van der Waals surface area contributed by atoms with Crippen LogP contribution in [-0.4, -0.2) is 17.0 Å². The summed E-state index contributed by atoms with van der Waals surface area (Å²) in [5.74, 6) is 0.0485. The van der Waals surface area contributed by atoms with Crippen molar-refractivity contribution in [1.29, 1.82) is 0 Å². The molecule has 2 nitrogen and oxygen atoms in total. The maximum atomic E-state index is 10.9. The maximum Gasteiger partial charge on any atom is 0.161 e. The summed E-state index contributed by atoms with van der Waals surface area (Å²) < 4.78 is 0. The van der Waals surface area contributed by atoms with Crippen molar-refractivity contribution in [3.63, 3.8) is 0 Å². The predicted molar refractivity (Wildman–Crippen MR) is 38.5 cm³/mol. The highest BCUT2D eigenvalue weighted by Crippen LogP contribution is 2.17. The van der Waals surface area contributed by atoms with Crippen LogP contribution in [0.25, 0.3) is 0 Å². The monoisotopic (exact) mass is 138 g/mol. The highest BCUT2D eigenvalue weighted by atomic mass is 16.3. The van der Waals surface area contributed by atoms with Crippen LogP contribution in [-0.2, 0) is 4.79 Å². The quantitative estimate of drug-likeness (QED) is 0.574. The van der Waals surface area contributed by atoms with E-state index in [9.17, 15) is 4.79 Å². The van der Waals surface area contributed by atoms with Gasteiger partial charge in [-0.2, -0.15) is 0 Å². The summed E-state index contributed by atoms with van der Waals surface area (Å²) >= 11 is 0. The Balaban J connectivity index is 2.71. The first-order valence-electron chi connectivity index (χ1n) is 3.29. The van der Waals surface area contributed by atoms with Crippen LogP contribution in [0.4, 0.5) is 0 Å². The number of ketones is 1. The Morgan fingerprint density at radius 3 is 2.90 bits per heavy atom. The summed E-state index contributed by atoms with van der Waals surface area (Å²) in [7, 11) is 0. The van der Waals surface area contributed by atoms with Gasteiger partial charge in [0.2, 0.25) is 0 Å². The number of carbonyl (C=O) groups is 1. The van der Waals surface area contributed by atoms with Crippen molar-refractivity contribution in [2.45, 2.75) is 18.9 Å². The molecule has 0 aliphatic heterocycles. The van der Waals surface area contributed by atoms with E-state index in [1.165, 1.54) is 6.08 Å². The van der Waals surface area contributed by atoms with Gasteiger partial charge in [-0.25, -0.2) is 0 Å². The first-order valence-corrected chi connectivity index (χ1v) is 3.29. The number of Topliss-reactive ketones (excluding diaryl/α,β-unsaturated/α-hetero) is 1. The first kappa shape index (κ1) is 7.22. The Labute approximate surface area is 59.9 Å². The van der Waals surface area contributed by atoms with Crippen LogP contribution in [0.3, 0.4) is 0 Å². The molecule has 1 aliphatic rings. The number of hydrogen-bond acceptors (Lipinski definition) is 2. The fraction of sp³-hybridized carbons (Fsp3) is 0.375. The number of hydrogen-bond donors (Lipinski definition) is 1. The number of rotatable bonds is 2. The molecule has 0 bridgehead atoms. The van der Waals surface area contributed by atoms with E-state index in [1.807, 2.05) is 0 Å². The Hall–Kier alpha value is -0.890. The third-order valence-corrected chi connectivity index (χ3v) is 1.60. The molecule has 1 N–H and O–H groups in total.